The van der Waals surface area contributed by atoms with E-state index in [0.717, 1.165) is 6.54 Å². The fourth-order valence-corrected chi connectivity index (χ4v) is 1.64. The molecule has 0 radical (unpaired) electrons. The van der Waals surface area contributed by atoms with Gasteiger partial charge in [0.15, 0.2) is 0 Å². The predicted octanol–water partition coefficient (Wildman–Crippen LogP) is 3.69. The minimum Gasteiger partial charge on any atom is -0.310 e. The molecule has 0 aromatic heterocycles. The number of nitrogens with one attached hydrogen (secondary N) is 1. The van der Waals surface area contributed by atoms with Crippen molar-refractivity contribution in [2.75, 3.05) is 6.54 Å². The molecule has 15 heavy (non-hydrogen) atoms. The quantitative estimate of drug-likeness (QED) is 0.793. The molecule has 1 rings (SSSR count). The molecule has 0 aliphatic carbocycles. The van der Waals surface area contributed by atoms with Gasteiger partial charge in [-0.3, -0.25) is 0 Å². The molecule has 1 aromatic rings. The Balaban J connectivity index is 2.62. The second-order valence-corrected chi connectivity index (χ2v) is 5.52. The smallest absolute Gasteiger partial charge is 0.0294 e. The Labute approximate surface area is 93.9 Å². The summed E-state index contributed by atoms with van der Waals surface area (Å²) in [6, 6.07) is 9.01. The summed E-state index contributed by atoms with van der Waals surface area (Å²) in [5, 5.41) is 3.58. The molecule has 0 heterocycles. The van der Waals surface area contributed by atoms with E-state index in [4.69, 9.17) is 0 Å². The van der Waals surface area contributed by atoms with Crippen molar-refractivity contribution in [1.29, 1.82) is 0 Å². The molecule has 0 amide bonds. The molecule has 0 saturated heterocycles. The molecule has 1 heteroatoms. The topological polar surface area (TPSA) is 12.0 Å². The highest BCUT2D eigenvalue weighted by Gasteiger charge is 2.13. The van der Waals surface area contributed by atoms with E-state index in [9.17, 15) is 0 Å². The molecule has 84 valence electrons. The third-order valence-corrected chi connectivity index (χ3v) is 2.59. The first-order valence-corrected chi connectivity index (χ1v) is 5.69. The van der Waals surface area contributed by atoms with E-state index in [2.05, 4.69) is 64.2 Å². The van der Waals surface area contributed by atoms with Crippen LogP contribution in [0.15, 0.2) is 24.3 Å². The predicted molar refractivity (Wildman–Crippen MR) is 67.1 cm³/mol. The van der Waals surface area contributed by atoms with Gasteiger partial charge in [0.25, 0.3) is 0 Å². The second-order valence-electron chi connectivity index (χ2n) is 5.52. The third kappa shape index (κ3) is 4.05. The van der Waals surface area contributed by atoms with E-state index in [0.29, 0.717) is 11.5 Å². The van der Waals surface area contributed by atoms with Crippen molar-refractivity contribution in [3.8, 4) is 0 Å². The van der Waals surface area contributed by atoms with Crippen molar-refractivity contribution >= 4 is 0 Å². The Morgan fingerprint density at radius 3 is 2.33 bits per heavy atom. The summed E-state index contributed by atoms with van der Waals surface area (Å²) in [6.07, 6.45) is 0. The van der Waals surface area contributed by atoms with Crippen molar-refractivity contribution in [3.63, 3.8) is 0 Å². The van der Waals surface area contributed by atoms with Crippen LogP contribution in [0.4, 0.5) is 0 Å². The van der Waals surface area contributed by atoms with Gasteiger partial charge in [-0.1, -0.05) is 45.0 Å². The molecule has 1 aromatic carbocycles. The number of rotatable bonds is 3. The van der Waals surface area contributed by atoms with Gasteiger partial charge < -0.3 is 5.32 Å². The van der Waals surface area contributed by atoms with E-state index in [1.807, 2.05) is 0 Å². The number of aryl methyl sites for hydroxylation is 1. The fraction of sp³-hybridized carbons (Fsp3) is 0.571. The molecule has 1 atom stereocenters. The normalized spacial score (nSPS) is 13.9. The van der Waals surface area contributed by atoms with Crippen LogP contribution in [-0.4, -0.2) is 6.54 Å². The molecule has 0 spiro atoms. The molecule has 0 fully saturated rings. The van der Waals surface area contributed by atoms with Crippen LogP contribution >= 0.6 is 0 Å². The van der Waals surface area contributed by atoms with E-state index in [1.54, 1.807) is 0 Å². The highest BCUT2D eigenvalue weighted by atomic mass is 14.9. The summed E-state index contributed by atoms with van der Waals surface area (Å²) >= 11 is 0. The lowest BCUT2D eigenvalue weighted by Gasteiger charge is -2.23. The summed E-state index contributed by atoms with van der Waals surface area (Å²) in [6.45, 7) is 12.2. The van der Waals surface area contributed by atoms with Gasteiger partial charge in [0.2, 0.25) is 0 Å². The molecule has 0 aliphatic rings. The van der Waals surface area contributed by atoms with Gasteiger partial charge in [0, 0.05) is 12.6 Å². The minimum atomic E-state index is 0.344. The molecule has 0 aliphatic heterocycles. The number of hydrogen-bond acceptors (Lipinski definition) is 1. The average molecular weight is 205 g/mol. The van der Waals surface area contributed by atoms with Crippen LogP contribution in [0.3, 0.4) is 0 Å². The third-order valence-electron chi connectivity index (χ3n) is 2.59. The molecule has 0 saturated carbocycles. The van der Waals surface area contributed by atoms with Crippen LogP contribution < -0.4 is 5.32 Å². The molecular formula is C14H23N. The van der Waals surface area contributed by atoms with Crippen molar-refractivity contribution in [3.05, 3.63) is 35.4 Å². The van der Waals surface area contributed by atoms with Gasteiger partial charge in [-0.05, 0) is 30.4 Å². The van der Waals surface area contributed by atoms with Crippen LogP contribution in [0.5, 0.6) is 0 Å². The average Bonchev–Trinajstić information content (AvgIpc) is 2.14. The standard InChI is InChI=1S/C14H23N/c1-11-8-6-7-9-13(11)12(2)15-10-14(3,4)5/h6-9,12,15H,10H2,1-5H3. The van der Waals surface area contributed by atoms with Crippen LogP contribution in [0, 0.1) is 12.3 Å². The lowest BCUT2D eigenvalue weighted by atomic mass is 9.95. The summed E-state index contributed by atoms with van der Waals surface area (Å²) in [5.41, 5.74) is 3.12. The second kappa shape index (κ2) is 4.80. The Kier molecular flexibility index (Phi) is 3.92. The van der Waals surface area contributed by atoms with E-state index >= 15 is 0 Å². The minimum absolute atomic E-state index is 0.344. The van der Waals surface area contributed by atoms with Gasteiger partial charge in [-0.15, -0.1) is 0 Å². The summed E-state index contributed by atoms with van der Waals surface area (Å²) in [5.74, 6) is 0. The number of benzene rings is 1. The molecule has 0 bridgehead atoms. The largest absolute Gasteiger partial charge is 0.310 e. The zero-order chi connectivity index (χ0) is 11.5. The SMILES string of the molecule is Cc1ccccc1C(C)NCC(C)(C)C. The summed E-state index contributed by atoms with van der Waals surface area (Å²) in [4.78, 5) is 0. The Bertz CT molecular complexity index is 309. The Morgan fingerprint density at radius 1 is 1.20 bits per heavy atom. The molecule has 1 N–H and O–H groups in total. The first kappa shape index (κ1) is 12.3. The van der Waals surface area contributed by atoms with Crippen molar-refractivity contribution in [1.82, 2.24) is 5.32 Å². The highest BCUT2D eigenvalue weighted by molar-refractivity contribution is 5.28. The molecule has 1 nitrogen and oxygen atoms in total. The fourth-order valence-electron chi connectivity index (χ4n) is 1.64. The van der Waals surface area contributed by atoms with Crippen LogP contribution in [0.2, 0.25) is 0 Å². The van der Waals surface area contributed by atoms with Gasteiger partial charge in [-0.25, -0.2) is 0 Å². The van der Waals surface area contributed by atoms with Gasteiger partial charge in [-0.2, -0.15) is 0 Å². The Morgan fingerprint density at radius 2 is 1.80 bits per heavy atom. The number of hydrogen-bond donors (Lipinski definition) is 1. The lowest BCUT2D eigenvalue weighted by Crippen LogP contribution is -2.29. The first-order valence-electron chi connectivity index (χ1n) is 5.69. The summed E-state index contributed by atoms with van der Waals surface area (Å²) in [7, 11) is 0. The maximum Gasteiger partial charge on any atom is 0.0294 e. The van der Waals surface area contributed by atoms with E-state index in [1.165, 1.54) is 11.1 Å². The van der Waals surface area contributed by atoms with Crippen LogP contribution in [0.1, 0.15) is 44.9 Å². The summed E-state index contributed by atoms with van der Waals surface area (Å²) < 4.78 is 0. The maximum absolute atomic E-state index is 3.58. The van der Waals surface area contributed by atoms with Crippen molar-refractivity contribution in [2.24, 2.45) is 5.41 Å². The van der Waals surface area contributed by atoms with E-state index < -0.39 is 0 Å². The van der Waals surface area contributed by atoms with Crippen LogP contribution in [-0.2, 0) is 0 Å². The van der Waals surface area contributed by atoms with Crippen LogP contribution in [0.25, 0.3) is 0 Å². The zero-order valence-electron chi connectivity index (χ0n) is 10.6. The zero-order valence-corrected chi connectivity index (χ0v) is 10.6. The van der Waals surface area contributed by atoms with Gasteiger partial charge >= 0.3 is 0 Å². The van der Waals surface area contributed by atoms with Crippen molar-refractivity contribution < 1.29 is 0 Å². The molecular weight excluding hydrogens is 182 g/mol. The maximum atomic E-state index is 3.58. The monoisotopic (exact) mass is 205 g/mol. The lowest BCUT2D eigenvalue weighted by molar-refractivity contribution is 0.359. The Hall–Kier alpha value is -0.820. The van der Waals surface area contributed by atoms with Gasteiger partial charge in [0.1, 0.15) is 0 Å². The first-order chi connectivity index (χ1) is 6.90. The van der Waals surface area contributed by atoms with E-state index in [-0.39, 0.29) is 0 Å². The molecule has 1 unspecified atom stereocenters. The van der Waals surface area contributed by atoms with Crippen molar-refractivity contribution in [2.45, 2.75) is 40.7 Å². The van der Waals surface area contributed by atoms with Gasteiger partial charge in [0.05, 0.1) is 0 Å². The highest BCUT2D eigenvalue weighted by Crippen LogP contribution is 2.19.